The largest absolute Gasteiger partial charge is 0.342 e. The fourth-order valence-electron chi connectivity index (χ4n) is 2.25. The third kappa shape index (κ3) is 4.03. The minimum Gasteiger partial charge on any atom is -0.342 e. The van der Waals surface area contributed by atoms with Gasteiger partial charge in [-0.3, -0.25) is 0 Å². The number of rotatable bonds is 7. The summed E-state index contributed by atoms with van der Waals surface area (Å²) >= 11 is 3.18. The number of hydrogen-bond acceptors (Lipinski definition) is 1. The van der Waals surface area contributed by atoms with Crippen LogP contribution >= 0.6 is 15.9 Å². The third-order valence-electron chi connectivity index (χ3n) is 3.34. The molecule has 0 bridgehead atoms. The predicted molar refractivity (Wildman–Crippen MR) is 80.8 cm³/mol. The van der Waals surface area contributed by atoms with E-state index in [0.717, 1.165) is 29.7 Å². The Labute approximate surface area is 121 Å². The predicted octanol–water partition coefficient (Wildman–Crippen LogP) is 5.37. The lowest BCUT2D eigenvalue weighted by Gasteiger charge is -1.98. The Bertz CT molecular complexity index is 497. The molecule has 1 heterocycles. The van der Waals surface area contributed by atoms with Crippen molar-refractivity contribution in [3.63, 3.8) is 0 Å². The number of aryl methyl sites for hydroxylation is 1. The summed E-state index contributed by atoms with van der Waals surface area (Å²) in [5.41, 5.74) is 1.61. The summed E-state index contributed by atoms with van der Waals surface area (Å²) in [6.45, 7) is 2.23. The van der Waals surface area contributed by atoms with Gasteiger partial charge in [-0.25, -0.2) is 9.37 Å². The highest BCUT2D eigenvalue weighted by Crippen LogP contribution is 2.22. The van der Waals surface area contributed by atoms with Crippen molar-refractivity contribution in [1.29, 1.82) is 0 Å². The fraction of sp³-hybridized carbons (Fsp3) is 0.533. The minimum absolute atomic E-state index is 0.248. The van der Waals surface area contributed by atoms with Gasteiger partial charge in [-0.15, -0.1) is 0 Å². The van der Waals surface area contributed by atoms with Crippen molar-refractivity contribution in [3.8, 4) is 0 Å². The topological polar surface area (TPSA) is 28.7 Å². The van der Waals surface area contributed by atoms with E-state index in [0.29, 0.717) is 4.47 Å². The molecule has 0 fully saturated rings. The van der Waals surface area contributed by atoms with Crippen LogP contribution in [0.15, 0.2) is 16.6 Å². The highest BCUT2D eigenvalue weighted by molar-refractivity contribution is 9.10. The van der Waals surface area contributed by atoms with Gasteiger partial charge in [0.05, 0.1) is 15.5 Å². The summed E-state index contributed by atoms with van der Waals surface area (Å²) in [7, 11) is 0. The zero-order valence-electron chi connectivity index (χ0n) is 11.3. The molecule has 0 amide bonds. The number of H-pyrrole nitrogens is 1. The molecule has 1 aromatic heterocycles. The molecule has 0 radical (unpaired) electrons. The van der Waals surface area contributed by atoms with E-state index in [1.54, 1.807) is 6.07 Å². The van der Waals surface area contributed by atoms with Gasteiger partial charge in [0.1, 0.15) is 11.6 Å². The number of fused-ring (bicyclic) bond motifs is 1. The van der Waals surface area contributed by atoms with Crippen LogP contribution in [0.1, 0.15) is 51.3 Å². The first-order valence-corrected chi connectivity index (χ1v) is 7.83. The number of imidazole rings is 1. The maximum atomic E-state index is 13.4. The van der Waals surface area contributed by atoms with Crippen molar-refractivity contribution in [1.82, 2.24) is 9.97 Å². The van der Waals surface area contributed by atoms with Gasteiger partial charge >= 0.3 is 0 Å². The first kappa shape index (κ1) is 14.5. The average molecular weight is 327 g/mol. The molecular formula is C15H20BrFN2. The van der Waals surface area contributed by atoms with Crippen molar-refractivity contribution in [2.45, 2.75) is 51.9 Å². The summed E-state index contributed by atoms with van der Waals surface area (Å²) in [4.78, 5) is 7.69. The van der Waals surface area contributed by atoms with Gasteiger partial charge in [0.25, 0.3) is 0 Å². The van der Waals surface area contributed by atoms with Crippen LogP contribution in [-0.2, 0) is 6.42 Å². The summed E-state index contributed by atoms with van der Waals surface area (Å²) in [5.74, 6) is 0.713. The highest BCUT2D eigenvalue weighted by Gasteiger charge is 2.07. The molecule has 0 unspecified atom stereocenters. The second kappa shape index (κ2) is 7.04. The molecule has 0 spiro atoms. The number of halogens is 2. The number of nitrogens with zero attached hydrogens (tertiary/aromatic N) is 1. The van der Waals surface area contributed by atoms with Crippen molar-refractivity contribution in [2.24, 2.45) is 0 Å². The molecular weight excluding hydrogens is 307 g/mol. The first-order chi connectivity index (χ1) is 9.20. The first-order valence-electron chi connectivity index (χ1n) is 7.04. The molecule has 1 N–H and O–H groups in total. The molecule has 2 aromatic rings. The smallest absolute Gasteiger partial charge is 0.139 e. The van der Waals surface area contributed by atoms with Gasteiger partial charge in [0, 0.05) is 12.5 Å². The lowest BCUT2D eigenvalue weighted by Crippen LogP contribution is -1.88. The van der Waals surface area contributed by atoms with Gasteiger partial charge in [0.15, 0.2) is 0 Å². The van der Waals surface area contributed by atoms with E-state index >= 15 is 0 Å². The number of aromatic nitrogens is 2. The fourth-order valence-corrected chi connectivity index (χ4v) is 2.58. The average Bonchev–Trinajstić information content (AvgIpc) is 2.76. The number of hydrogen-bond donors (Lipinski definition) is 1. The zero-order chi connectivity index (χ0) is 13.7. The summed E-state index contributed by atoms with van der Waals surface area (Å²) in [5, 5.41) is 0. The van der Waals surface area contributed by atoms with E-state index in [9.17, 15) is 4.39 Å². The molecule has 19 heavy (non-hydrogen) atoms. The molecule has 4 heteroatoms. The summed E-state index contributed by atoms with van der Waals surface area (Å²) in [6.07, 6.45) is 8.58. The standard InChI is InChI=1S/C15H20BrFN2/c1-2-3-4-5-6-7-8-15-18-13-9-11(16)12(17)10-14(13)19-15/h9-10H,2-8H2,1H3,(H,18,19). The Hall–Kier alpha value is -0.900. The Morgan fingerprint density at radius 2 is 1.89 bits per heavy atom. The number of aromatic amines is 1. The van der Waals surface area contributed by atoms with Crippen molar-refractivity contribution >= 4 is 27.0 Å². The third-order valence-corrected chi connectivity index (χ3v) is 3.95. The lowest BCUT2D eigenvalue weighted by atomic mass is 10.1. The van der Waals surface area contributed by atoms with Crippen LogP contribution in [0.4, 0.5) is 4.39 Å². The molecule has 1 aromatic carbocycles. The van der Waals surface area contributed by atoms with E-state index in [1.165, 1.54) is 38.2 Å². The van der Waals surface area contributed by atoms with Crippen molar-refractivity contribution in [3.05, 3.63) is 28.2 Å². The van der Waals surface area contributed by atoms with Crippen LogP contribution in [0.25, 0.3) is 11.0 Å². The van der Waals surface area contributed by atoms with E-state index in [1.807, 2.05) is 0 Å². The molecule has 0 saturated carbocycles. The van der Waals surface area contributed by atoms with Gasteiger partial charge in [0.2, 0.25) is 0 Å². The SMILES string of the molecule is CCCCCCCCc1nc2cc(Br)c(F)cc2[nH]1. The normalized spacial score (nSPS) is 11.3. The van der Waals surface area contributed by atoms with E-state index in [4.69, 9.17) is 0 Å². The maximum Gasteiger partial charge on any atom is 0.139 e. The van der Waals surface area contributed by atoms with Crippen LogP contribution < -0.4 is 0 Å². The maximum absolute atomic E-state index is 13.4. The number of unbranched alkanes of at least 4 members (excludes halogenated alkanes) is 5. The second-order valence-electron chi connectivity index (χ2n) is 4.98. The molecule has 0 saturated heterocycles. The Balaban J connectivity index is 1.87. The summed E-state index contributed by atoms with van der Waals surface area (Å²) < 4.78 is 13.9. The van der Waals surface area contributed by atoms with E-state index < -0.39 is 0 Å². The van der Waals surface area contributed by atoms with Gasteiger partial charge < -0.3 is 4.98 Å². The summed E-state index contributed by atoms with van der Waals surface area (Å²) in [6, 6.07) is 3.23. The Morgan fingerprint density at radius 1 is 1.16 bits per heavy atom. The quantitative estimate of drug-likeness (QED) is 0.681. The van der Waals surface area contributed by atoms with Crippen LogP contribution in [0.2, 0.25) is 0 Å². The minimum atomic E-state index is -0.248. The van der Waals surface area contributed by atoms with Gasteiger partial charge in [-0.1, -0.05) is 39.0 Å². The second-order valence-corrected chi connectivity index (χ2v) is 5.84. The van der Waals surface area contributed by atoms with Gasteiger partial charge in [-0.05, 0) is 28.4 Å². The zero-order valence-corrected chi connectivity index (χ0v) is 12.9. The van der Waals surface area contributed by atoms with Crippen LogP contribution in [0, 0.1) is 5.82 Å². The van der Waals surface area contributed by atoms with E-state index in [2.05, 4.69) is 32.8 Å². The highest BCUT2D eigenvalue weighted by atomic mass is 79.9. The number of nitrogens with one attached hydrogen (secondary N) is 1. The Kier molecular flexibility index (Phi) is 5.37. The van der Waals surface area contributed by atoms with Crippen molar-refractivity contribution in [2.75, 3.05) is 0 Å². The monoisotopic (exact) mass is 326 g/mol. The molecule has 0 aliphatic heterocycles. The number of benzene rings is 1. The molecule has 0 atom stereocenters. The van der Waals surface area contributed by atoms with E-state index in [-0.39, 0.29) is 5.82 Å². The Morgan fingerprint density at radius 3 is 2.68 bits per heavy atom. The van der Waals surface area contributed by atoms with Crippen LogP contribution in [-0.4, -0.2) is 9.97 Å². The lowest BCUT2D eigenvalue weighted by molar-refractivity contribution is 0.602. The van der Waals surface area contributed by atoms with Gasteiger partial charge in [-0.2, -0.15) is 0 Å². The van der Waals surface area contributed by atoms with Crippen LogP contribution in [0.5, 0.6) is 0 Å². The van der Waals surface area contributed by atoms with Crippen LogP contribution in [0.3, 0.4) is 0 Å². The molecule has 2 rings (SSSR count). The molecule has 0 aliphatic carbocycles. The molecule has 0 aliphatic rings. The molecule has 104 valence electrons. The van der Waals surface area contributed by atoms with Crippen molar-refractivity contribution < 1.29 is 4.39 Å². The molecule has 2 nitrogen and oxygen atoms in total.